The first-order valence-electron chi connectivity index (χ1n) is 7.43. The number of amides is 1. The lowest BCUT2D eigenvalue weighted by molar-refractivity contribution is -0.121. The monoisotopic (exact) mass is 326 g/mol. The second-order valence-corrected chi connectivity index (χ2v) is 5.36. The van der Waals surface area contributed by atoms with E-state index in [1.54, 1.807) is 0 Å². The Morgan fingerprint density at radius 3 is 2.58 bits per heavy atom. The third-order valence-electron chi connectivity index (χ3n) is 3.33. The summed E-state index contributed by atoms with van der Waals surface area (Å²) in [4.78, 5) is 25.7. The first-order chi connectivity index (χ1) is 11.5. The summed E-state index contributed by atoms with van der Waals surface area (Å²) < 4.78 is 5.02. The highest BCUT2D eigenvalue weighted by atomic mass is 16.5. The van der Waals surface area contributed by atoms with Gasteiger partial charge < -0.3 is 9.64 Å². The molecule has 0 aliphatic rings. The Morgan fingerprint density at radius 2 is 2.00 bits per heavy atom. The molecule has 1 heterocycles. The van der Waals surface area contributed by atoms with Gasteiger partial charge in [0, 0.05) is 18.4 Å². The van der Waals surface area contributed by atoms with Crippen molar-refractivity contribution in [3.05, 3.63) is 47.3 Å². The first kappa shape index (κ1) is 17.2. The maximum absolute atomic E-state index is 12.5. The number of H-pyrrole nitrogens is 1. The van der Waals surface area contributed by atoms with Gasteiger partial charge in [0.1, 0.15) is 0 Å². The van der Waals surface area contributed by atoms with Gasteiger partial charge in [-0.05, 0) is 37.1 Å². The molecule has 0 radical (unpaired) electrons. The van der Waals surface area contributed by atoms with Gasteiger partial charge in [0.05, 0.1) is 24.3 Å². The van der Waals surface area contributed by atoms with Gasteiger partial charge in [0.2, 0.25) is 0 Å². The molecule has 7 heteroatoms. The zero-order valence-corrected chi connectivity index (χ0v) is 13.6. The van der Waals surface area contributed by atoms with E-state index in [-0.39, 0.29) is 24.4 Å². The Labute approximate surface area is 139 Å². The van der Waals surface area contributed by atoms with Gasteiger partial charge in [-0.1, -0.05) is 6.07 Å². The molecule has 0 unspecified atom stereocenters. The minimum atomic E-state index is -0.627. The highest BCUT2D eigenvalue weighted by molar-refractivity contribution is 5.97. The first-order valence-corrected chi connectivity index (χ1v) is 7.43. The zero-order chi connectivity index (χ0) is 17.5. The number of carbonyl (C=O) groups is 2. The Morgan fingerprint density at radius 1 is 1.29 bits per heavy atom. The number of ether oxygens (including phenoxy) is 1. The van der Waals surface area contributed by atoms with Gasteiger partial charge in [-0.3, -0.25) is 9.89 Å². The Hall–Kier alpha value is -3.14. The molecule has 0 spiro atoms. The second-order valence-electron chi connectivity index (χ2n) is 5.36. The molecule has 0 bridgehead atoms. The van der Waals surface area contributed by atoms with Crippen molar-refractivity contribution in [2.45, 2.75) is 20.3 Å². The maximum Gasteiger partial charge on any atom is 0.341 e. The number of hydrogen-bond acceptors (Lipinski definition) is 5. The van der Waals surface area contributed by atoms with Crippen molar-refractivity contribution in [1.82, 2.24) is 10.2 Å². The molecule has 0 saturated heterocycles. The molecule has 24 heavy (non-hydrogen) atoms. The van der Waals surface area contributed by atoms with E-state index in [2.05, 4.69) is 10.2 Å². The van der Waals surface area contributed by atoms with Gasteiger partial charge >= 0.3 is 5.97 Å². The average molecular weight is 326 g/mol. The van der Waals surface area contributed by atoms with E-state index in [1.807, 2.05) is 38.1 Å². The summed E-state index contributed by atoms with van der Waals surface area (Å²) in [7, 11) is 0. The average Bonchev–Trinajstić information content (AvgIpc) is 3.06. The smallest absolute Gasteiger partial charge is 0.341 e. The summed E-state index contributed by atoms with van der Waals surface area (Å²) in [6, 6.07) is 7.74. The molecule has 0 atom stereocenters. The second kappa shape index (κ2) is 7.92. The number of aromatic nitrogens is 2. The molecule has 2 aromatic rings. The third kappa shape index (κ3) is 4.43. The summed E-state index contributed by atoms with van der Waals surface area (Å²) in [6.45, 7) is 3.70. The number of aryl methyl sites for hydroxylation is 2. The SMILES string of the molecule is Cc1cc(C)cc(N(CCC#N)C(=O)COC(=O)c2cn[nH]c2)c1. The van der Waals surface area contributed by atoms with Crippen molar-refractivity contribution in [2.75, 3.05) is 18.1 Å². The van der Waals surface area contributed by atoms with Crippen LogP contribution in [0.1, 0.15) is 27.9 Å². The third-order valence-corrected chi connectivity index (χ3v) is 3.33. The summed E-state index contributed by atoms with van der Waals surface area (Å²) in [5.74, 6) is -1.01. The topological polar surface area (TPSA) is 99.1 Å². The number of rotatable bonds is 6. The molecule has 0 fully saturated rings. The summed E-state index contributed by atoms with van der Waals surface area (Å²) in [5.41, 5.74) is 2.95. The molecule has 7 nitrogen and oxygen atoms in total. The minimum absolute atomic E-state index is 0.189. The fraction of sp³-hybridized carbons (Fsp3) is 0.294. The van der Waals surface area contributed by atoms with Crippen LogP contribution in [0.15, 0.2) is 30.6 Å². The van der Waals surface area contributed by atoms with Gasteiger partial charge in [0.15, 0.2) is 6.61 Å². The highest BCUT2D eigenvalue weighted by Crippen LogP contribution is 2.19. The van der Waals surface area contributed by atoms with Gasteiger partial charge in [-0.15, -0.1) is 0 Å². The normalized spacial score (nSPS) is 10.0. The molecule has 2 rings (SSSR count). The Bertz CT molecular complexity index is 742. The summed E-state index contributed by atoms with van der Waals surface area (Å²) in [6.07, 6.45) is 2.91. The Balaban J connectivity index is 2.10. The van der Waals surface area contributed by atoms with Crippen LogP contribution in [0.3, 0.4) is 0 Å². The predicted octanol–water partition coefficient (Wildman–Crippen LogP) is 2.13. The van der Waals surface area contributed by atoms with Crippen molar-refractivity contribution in [1.29, 1.82) is 5.26 Å². The standard InChI is InChI=1S/C17H18N4O3/c1-12-6-13(2)8-15(7-12)21(5-3-4-18)16(22)11-24-17(23)14-9-19-20-10-14/h6-10H,3,5,11H2,1-2H3,(H,19,20). The number of anilines is 1. The largest absolute Gasteiger partial charge is 0.452 e. The minimum Gasteiger partial charge on any atom is -0.452 e. The molecule has 0 aliphatic heterocycles. The van der Waals surface area contributed by atoms with Crippen LogP contribution in [0.5, 0.6) is 0 Å². The van der Waals surface area contributed by atoms with Gasteiger partial charge in [0.25, 0.3) is 5.91 Å². The van der Waals surface area contributed by atoms with Crippen LogP contribution >= 0.6 is 0 Å². The molecule has 1 amide bonds. The number of hydrogen-bond donors (Lipinski definition) is 1. The van der Waals surface area contributed by atoms with E-state index in [9.17, 15) is 9.59 Å². The molecule has 1 aromatic carbocycles. The lowest BCUT2D eigenvalue weighted by atomic mass is 10.1. The highest BCUT2D eigenvalue weighted by Gasteiger charge is 2.19. The number of esters is 1. The molecule has 1 N–H and O–H groups in total. The van der Waals surface area contributed by atoms with Crippen LogP contribution < -0.4 is 4.90 Å². The van der Waals surface area contributed by atoms with Gasteiger partial charge in [-0.25, -0.2) is 4.79 Å². The zero-order valence-electron chi connectivity index (χ0n) is 13.6. The number of carbonyl (C=O) groups excluding carboxylic acids is 2. The predicted molar refractivity (Wildman–Crippen MR) is 87.4 cm³/mol. The number of aromatic amines is 1. The van der Waals surface area contributed by atoms with Crippen LogP contribution in [0.4, 0.5) is 5.69 Å². The maximum atomic E-state index is 12.5. The van der Waals surface area contributed by atoms with Crippen molar-refractivity contribution >= 4 is 17.6 Å². The van der Waals surface area contributed by atoms with Crippen molar-refractivity contribution in [2.24, 2.45) is 0 Å². The van der Waals surface area contributed by atoms with E-state index in [0.29, 0.717) is 5.69 Å². The molecular formula is C17H18N4O3. The fourth-order valence-electron chi connectivity index (χ4n) is 2.32. The van der Waals surface area contributed by atoms with Crippen LogP contribution in [-0.4, -0.2) is 35.2 Å². The van der Waals surface area contributed by atoms with E-state index in [1.165, 1.54) is 17.3 Å². The summed E-state index contributed by atoms with van der Waals surface area (Å²) >= 11 is 0. The van der Waals surface area contributed by atoms with E-state index in [0.717, 1.165) is 11.1 Å². The summed E-state index contributed by atoms with van der Waals surface area (Å²) in [5, 5.41) is 15.0. The molecule has 124 valence electrons. The van der Waals surface area contributed by atoms with Crippen LogP contribution in [0, 0.1) is 25.2 Å². The lowest BCUT2D eigenvalue weighted by Crippen LogP contribution is -2.35. The van der Waals surface area contributed by atoms with Crippen molar-refractivity contribution < 1.29 is 14.3 Å². The van der Waals surface area contributed by atoms with Gasteiger partial charge in [-0.2, -0.15) is 10.4 Å². The quantitative estimate of drug-likeness (QED) is 0.820. The molecule has 1 aromatic heterocycles. The Kier molecular flexibility index (Phi) is 5.68. The van der Waals surface area contributed by atoms with E-state index in [4.69, 9.17) is 10.00 Å². The number of benzene rings is 1. The number of nitrogens with zero attached hydrogens (tertiary/aromatic N) is 3. The van der Waals surface area contributed by atoms with Crippen molar-refractivity contribution in [3.8, 4) is 6.07 Å². The molecule has 0 saturated carbocycles. The van der Waals surface area contributed by atoms with Crippen LogP contribution in [0.2, 0.25) is 0 Å². The molecule has 0 aliphatic carbocycles. The van der Waals surface area contributed by atoms with Crippen LogP contribution in [-0.2, 0) is 9.53 Å². The lowest BCUT2D eigenvalue weighted by Gasteiger charge is -2.22. The number of nitriles is 1. The van der Waals surface area contributed by atoms with E-state index >= 15 is 0 Å². The number of nitrogens with one attached hydrogen (secondary N) is 1. The van der Waals surface area contributed by atoms with Crippen molar-refractivity contribution in [3.63, 3.8) is 0 Å². The van der Waals surface area contributed by atoms with Crippen LogP contribution in [0.25, 0.3) is 0 Å². The fourth-order valence-corrected chi connectivity index (χ4v) is 2.32. The van der Waals surface area contributed by atoms with E-state index < -0.39 is 12.6 Å². The molecular weight excluding hydrogens is 308 g/mol.